The molecule has 0 heterocycles. The average Bonchev–Trinajstić information content (AvgIpc) is 2.35. The maximum atomic E-state index is 8.92. The fourth-order valence-electron chi connectivity index (χ4n) is 1.23. The van der Waals surface area contributed by atoms with Crippen LogP contribution in [0, 0.1) is 11.3 Å². The summed E-state index contributed by atoms with van der Waals surface area (Å²) in [7, 11) is 3.23. The Balaban J connectivity index is 2.91. The second kappa shape index (κ2) is 6.29. The summed E-state index contributed by atoms with van der Waals surface area (Å²) in [5.74, 6) is 1.50. The minimum absolute atomic E-state index is 0.0395. The summed E-state index contributed by atoms with van der Waals surface area (Å²) in [6.45, 7) is 2.00. The minimum Gasteiger partial charge on any atom is -0.497 e. The molecule has 3 nitrogen and oxygen atoms in total. The fraction of sp³-hybridized carbons (Fsp3) is 0.417. The molecule has 1 unspecified atom stereocenters. The van der Waals surface area contributed by atoms with Gasteiger partial charge < -0.3 is 9.47 Å². The van der Waals surface area contributed by atoms with Gasteiger partial charge in [0.1, 0.15) is 11.5 Å². The predicted molar refractivity (Wildman–Crippen MR) is 65.1 cm³/mol. The number of benzene rings is 1. The summed E-state index contributed by atoms with van der Waals surface area (Å²) in [4.78, 5) is 0.969. The van der Waals surface area contributed by atoms with Crippen molar-refractivity contribution in [3.05, 3.63) is 18.2 Å². The lowest BCUT2D eigenvalue weighted by Gasteiger charge is -2.11. The first-order valence-electron chi connectivity index (χ1n) is 5.03. The van der Waals surface area contributed by atoms with Crippen LogP contribution in [-0.4, -0.2) is 19.5 Å². The molecule has 0 spiro atoms. The molecule has 86 valence electrons. The maximum Gasteiger partial charge on any atom is 0.136 e. The molecule has 0 saturated heterocycles. The van der Waals surface area contributed by atoms with Crippen LogP contribution in [0.15, 0.2) is 23.1 Å². The van der Waals surface area contributed by atoms with E-state index in [4.69, 9.17) is 14.7 Å². The molecule has 0 aliphatic carbocycles. The molecular formula is C12H15NO2S. The zero-order valence-corrected chi connectivity index (χ0v) is 10.5. The van der Waals surface area contributed by atoms with Crippen LogP contribution in [0.3, 0.4) is 0 Å². The molecule has 0 aliphatic heterocycles. The molecule has 0 radical (unpaired) electrons. The summed E-state index contributed by atoms with van der Waals surface area (Å²) in [6, 6.07) is 7.87. The Bertz CT molecular complexity index is 387. The highest BCUT2D eigenvalue weighted by molar-refractivity contribution is 8.00. The predicted octanol–water partition coefficient (Wildman–Crippen LogP) is 3.10. The molecule has 1 aromatic carbocycles. The van der Waals surface area contributed by atoms with Crippen molar-refractivity contribution in [2.24, 2.45) is 0 Å². The molecule has 0 aromatic heterocycles. The number of rotatable bonds is 5. The molecule has 1 rings (SSSR count). The Morgan fingerprint density at radius 3 is 2.62 bits per heavy atom. The van der Waals surface area contributed by atoms with Crippen molar-refractivity contribution in [1.29, 1.82) is 5.26 Å². The third kappa shape index (κ3) is 3.07. The molecule has 1 aromatic rings. The molecule has 0 saturated carbocycles. The third-order valence-corrected chi connectivity index (χ3v) is 3.47. The first-order valence-corrected chi connectivity index (χ1v) is 5.91. The first kappa shape index (κ1) is 12.7. The van der Waals surface area contributed by atoms with Gasteiger partial charge in [0.25, 0.3) is 0 Å². The number of hydrogen-bond acceptors (Lipinski definition) is 4. The van der Waals surface area contributed by atoms with Crippen molar-refractivity contribution in [3.63, 3.8) is 0 Å². The van der Waals surface area contributed by atoms with Crippen molar-refractivity contribution in [2.75, 3.05) is 14.2 Å². The summed E-state index contributed by atoms with van der Waals surface area (Å²) < 4.78 is 10.4. The Morgan fingerprint density at radius 2 is 2.12 bits per heavy atom. The van der Waals surface area contributed by atoms with Gasteiger partial charge in [0, 0.05) is 6.07 Å². The van der Waals surface area contributed by atoms with Gasteiger partial charge in [-0.2, -0.15) is 5.26 Å². The summed E-state index contributed by atoms with van der Waals surface area (Å²) >= 11 is 1.52. The second-order valence-electron chi connectivity index (χ2n) is 3.16. The highest BCUT2D eigenvalue weighted by Crippen LogP contribution is 2.35. The van der Waals surface area contributed by atoms with Crippen LogP contribution in [-0.2, 0) is 0 Å². The van der Waals surface area contributed by atoms with E-state index in [1.165, 1.54) is 11.8 Å². The first-order chi connectivity index (χ1) is 7.74. The lowest BCUT2D eigenvalue weighted by atomic mass is 10.3. The molecule has 0 N–H and O–H groups in total. The van der Waals surface area contributed by atoms with Gasteiger partial charge in [-0.15, -0.1) is 11.8 Å². The number of methoxy groups -OCH3 is 2. The molecule has 1 atom stereocenters. The van der Waals surface area contributed by atoms with Crippen LogP contribution >= 0.6 is 11.8 Å². The molecule has 0 bridgehead atoms. The molecule has 0 aliphatic rings. The van der Waals surface area contributed by atoms with Crippen molar-refractivity contribution >= 4 is 11.8 Å². The van der Waals surface area contributed by atoms with Crippen LogP contribution in [0.2, 0.25) is 0 Å². The van der Waals surface area contributed by atoms with Gasteiger partial charge in [-0.05, 0) is 18.6 Å². The van der Waals surface area contributed by atoms with E-state index in [-0.39, 0.29) is 5.25 Å². The highest BCUT2D eigenvalue weighted by Gasteiger charge is 2.11. The van der Waals surface area contributed by atoms with Gasteiger partial charge >= 0.3 is 0 Å². The van der Waals surface area contributed by atoms with E-state index >= 15 is 0 Å². The minimum atomic E-state index is -0.0395. The quantitative estimate of drug-likeness (QED) is 0.738. The van der Waals surface area contributed by atoms with Crippen LogP contribution in [0.25, 0.3) is 0 Å². The number of hydrogen-bond donors (Lipinski definition) is 0. The van der Waals surface area contributed by atoms with Crippen molar-refractivity contribution in [3.8, 4) is 17.6 Å². The van der Waals surface area contributed by atoms with Crippen LogP contribution < -0.4 is 9.47 Å². The Morgan fingerprint density at radius 1 is 1.38 bits per heavy atom. The third-order valence-electron chi connectivity index (χ3n) is 2.15. The Kier molecular flexibility index (Phi) is 5.00. The van der Waals surface area contributed by atoms with Gasteiger partial charge in [0.05, 0.1) is 30.4 Å². The summed E-state index contributed by atoms with van der Waals surface area (Å²) in [5, 5.41) is 8.88. The largest absolute Gasteiger partial charge is 0.497 e. The second-order valence-corrected chi connectivity index (χ2v) is 4.41. The molecule has 0 fully saturated rings. The fourth-order valence-corrected chi connectivity index (χ4v) is 2.16. The molecule has 4 heteroatoms. The SMILES string of the molecule is CCC(C#N)Sc1ccc(OC)cc1OC. The van der Waals surface area contributed by atoms with E-state index in [9.17, 15) is 0 Å². The average molecular weight is 237 g/mol. The van der Waals surface area contributed by atoms with E-state index in [2.05, 4.69) is 6.07 Å². The number of ether oxygens (including phenoxy) is 2. The van der Waals surface area contributed by atoms with Gasteiger partial charge in [-0.25, -0.2) is 0 Å². The maximum absolute atomic E-state index is 8.92. The lowest BCUT2D eigenvalue weighted by Crippen LogP contribution is -1.97. The van der Waals surface area contributed by atoms with E-state index in [0.29, 0.717) is 0 Å². The Hall–Kier alpha value is -1.34. The van der Waals surface area contributed by atoms with E-state index in [1.54, 1.807) is 14.2 Å². The standard InChI is InChI=1S/C12H15NO2S/c1-4-10(8-13)16-12-6-5-9(14-2)7-11(12)15-3/h5-7,10H,4H2,1-3H3. The van der Waals surface area contributed by atoms with Gasteiger partial charge in [0.2, 0.25) is 0 Å². The van der Waals surface area contributed by atoms with E-state index in [0.717, 1.165) is 22.8 Å². The highest BCUT2D eigenvalue weighted by atomic mass is 32.2. The zero-order valence-electron chi connectivity index (χ0n) is 9.69. The van der Waals surface area contributed by atoms with Gasteiger partial charge in [-0.1, -0.05) is 6.92 Å². The number of nitrogens with zero attached hydrogens (tertiary/aromatic N) is 1. The lowest BCUT2D eigenvalue weighted by molar-refractivity contribution is 0.387. The van der Waals surface area contributed by atoms with Crippen LogP contribution in [0.5, 0.6) is 11.5 Å². The van der Waals surface area contributed by atoms with Crippen molar-refractivity contribution in [1.82, 2.24) is 0 Å². The van der Waals surface area contributed by atoms with Crippen molar-refractivity contribution in [2.45, 2.75) is 23.5 Å². The van der Waals surface area contributed by atoms with Crippen LogP contribution in [0.1, 0.15) is 13.3 Å². The summed E-state index contributed by atoms with van der Waals surface area (Å²) in [5.41, 5.74) is 0. The normalized spacial score (nSPS) is 11.6. The Labute approximate surface area is 100 Å². The number of nitriles is 1. The smallest absolute Gasteiger partial charge is 0.136 e. The summed E-state index contributed by atoms with van der Waals surface area (Å²) in [6.07, 6.45) is 0.816. The molecule has 16 heavy (non-hydrogen) atoms. The zero-order chi connectivity index (χ0) is 12.0. The van der Waals surface area contributed by atoms with Gasteiger partial charge in [-0.3, -0.25) is 0 Å². The molecule has 0 amide bonds. The molecular weight excluding hydrogens is 222 g/mol. The van der Waals surface area contributed by atoms with Gasteiger partial charge in [0.15, 0.2) is 0 Å². The topological polar surface area (TPSA) is 42.2 Å². The van der Waals surface area contributed by atoms with E-state index in [1.807, 2.05) is 25.1 Å². The van der Waals surface area contributed by atoms with Crippen molar-refractivity contribution < 1.29 is 9.47 Å². The van der Waals surface area contributed by atoms with E-state index < -0.39 is 0 Å². The number of thioether (sulfide) groups is 1. The monoisotopic (exact) mass is 237 g/mol. The van der Waals surface area contributed by atoms with Crippen LogP contribution in [0.4, 0.5) is 0 Å².